The summed E-state index contributed by atoms with van der Waals surface area (Å²) in [6, 6.07) is 0. The van der Waals surface area contributed by atoms with Crippen molar-refractivity contribution in [3.63, 3.8) is 0 Å². The molecule has 0 aromatic carbocycles. The van der Waals surface area contributed by atoms with Crippen LogP contribution in [-0.4, -0.2) is 132 Å². The summed E-state index contributed by atoms with van der Waals surface area (Å²) < 4.78 is 291. The van der Waals surface area contributed by atoms with Crippen LogP contribution < -0.4 is 0 Å². The van der Waals surface area contributed by atoms with Crippen molar-refractivity contribution < 1.29 is 130 Å². The maximum atomic E-state index is 12.2. The Labute approximate surface area is 428 Å². The minimum absolute atomic E-state index is 0.00694. The van der Waals surface area contributed by atoms with Crippen molar-refractivity contribution in [3.05, 3.63) is 0 Å². The van der Waals surface area contributed by atoms with E-state index in [1.54, 1.807) is 0 Å². The molecule has 6 heterocycles. The molecule has 0 aromatic rings. The van der Waals surface area contributed by atoms with Crippen molar-refractivity contribution in [1.29, 1.82) is 0 Å². The van der Waals surface area contributed by atoms with Crippen LogP contribution in [0.25, 0.3) is 0 Å². The van der Waals surface area contributed by atoms with Gasteiger partial charge in [0.25, 0.3) is 23.7 Å². The fourth-order valence-electron chi connectivity index (χ4n) is 7.27. The molecule has 76 heavy (non-hydrogen) atoms. The molecule has 0 amide bonds. The van der Waals surface area contributed by atoms with Crippen molar-refractivity contribution in [2.75, 3.05) is 66.1 Å². The summed E-state index contributed by atoms with van der Waals surface area (Å²) >= 11 is 0. The Morgan fingerprint density at radius 2 is 0.408 bits per heavy atom. The molecule has 0 atom stereocenters. The number of halogens is 22. The lowest BCUT2D eigenvalue weighted by Crippen LogP contribution is -2.26. The van der Waals surface area contributed by atoms with E-state index < -0.39 is 78.7 Å². The SMILES string of the molecule is FC1(F)CCC(F)(F)O1.FC1(F)CCCC1.FC1(F)CCCC1.FC1(F)CCCCC1.FC1(F)CCCCC1.FC1(F)CCOC1.FC1(F)CCOC1.FC1(F)CCOCC1.FC1(F)CCOCC1.FC1(F)OCCO1. The van der Waals surface area contributed by atoms with Gasteiger partial charge in [-0.15, -0.1) is 8.78 Å². The fourth-order valence-corrected chi connectivity index (χ4v) is 7.27. The van der Waals surface area contributed by atoms with Gasteiger partial charge in [0, 0.05) is 103 Å². The van der Waals surface area contributed by atoms with Gasteiger partial charge in [-0.3, -0.25) is 14.2 Å². The van der Waals surface area contributed by atoms with E-state index in [1.807, 2.05) is 0 Å². The second-order valence-electron chi connectivity index (χ2n) is 19.3. The second kappa shape index (κ2) is 33.2. The van der Waals surface area contributed by atoms with Crippen LogP contribution >= 0.6 is 0 Å². The maximum absolute atomic E-state index is 12.2. The van der Waals surface area contributed by atoms with Gasteiger partial charge in [0.15, 0.2) is 0 Å². The highest BCUT2D eigenvalue weighted by atomic mass is 19.3. The average Bonchev–Trinajstić information content (AvgIpc) is 4.18. The summed E-state index contributed by atoms with van der Waals surface area (Å²) in [7, 11) is 0. The summed E-state index contributed by atoms with van der Waals surface area (Å²) in [6.07, 6.45) is -4.29. The summed E-state index contributed by atoms with van der Waals surface area (Å²) in [5.41, 5.74) is 0. The van der Waals surface area contributed by atoms with Gasteiger partial charge in [0.1, 0.15) is 13.2 Å². The predicted molar refractivity (Wildman–Crippen MR) is 231 cm³/mol. The molecule has 29 heteroatoms. The van der Waals surface area contributed by atoms with Gasteiger partial charge in [-0.1, -0.05) is 12.8 Å². The number of hydrogen-bond acceptors (Lipinski definition) is 7. The van der Waals surface area contributed by atoms with Crippen LogP contribution in [0, 0.1) is 0 Å². The van der Waals surface area contributed by atoms with E-state index in [1.165, 1.54) is 0 Å². The Bertz CT molecular complexity index is 1240. The molecular formula is C47H72F22O7. The third-order valence-corrected chi connectivity index (χ3v) is 11.8. The monoisotopic (exact) mass is 1170 g/mol. The first-order chi connectivity index (χ1) is 34.8. The molecule has 0 aromatic heterocycles. The van der Waals surface area contributed by atoms with Crippen LogP contribution in [0.15, 0.2) is 0 Å². The molecule has 0 radical (unpaired) electrons. The maximum Gasteiger partial charge on any atom is 0.485 e. The van der Waals surface area contributed by atoms with Crippen LogP contribution in [0.2, 0.25) is 0 Å². The van der Waals surface area contributed by atoms with Crippen molar-refractivity contribution in [3.8, 4) is 0 Å². The molecule has 6 saturated heterocycles. The summed E-state index contributed by atoms with van der Waals surface area (Å²) in [6.45, 7) is 0.514. The van der Waals surface area contributed by atoms with E-state index in [-0.39, 0.29) is 156 Å². The molecule has 4 aliphatic carbocycles. The van der Waals surface area contributed by atoms with Crippen molar-refractivity contribution >= 4 is 0 Å². The molecule has 10 rings (SSSR count). The Balaban J connectivity index is 0.000000423. The summed E-state index contributed by atoms with van der Waals surface area (Å²) in [4.78, 5) is 0. The van der Waals surface area contributed by atoms with Crippen molar-refractivity contribution in [2.45, 2.75) is 233 Å². The zero-order chi connectivity index (χ0) is 57.9. The molecule has 10 fully saturated rings. The Hall–Kier alpha value is -1.82. The zero-order valence-corrected chi connectivity index (χ0v) is 42.1. The highest BCUT2D eigenvalue weighted by Crippen LogP contribution is 2.42. The lowest BCUT2D eigenvalue weighted by molar-refractivity contribution is -0.340. The number of rotatable bonds is 0. The van der Waals surface area contributed by atoms with Crippen LogP contribution in [0.5, 0.6) is 0 Å². The molecular weight excluding hydrogens is 1090 g/mol. The topological polar surface area (TPSA) is 64.6 Å². The third-order valence-electron chi connectivity index (χ3n) is 11.8. The van der Waals surface area contributed by atoms with Gasteiger partial charge >= 0.3 is 18.5 Å². The minimum Gasteiger partial charge on any atom is -0.381 e. The number of hydrogen-bond donors (Lipinski definition) is 0. The Morgan fingerprint density at radius 3 is 0.500 bits per heavy atom. The number of ether oxygens (including phenoxy) is 7. The molecule has 0 unspecified atom stereocenters. The van der Waals surface area contributed by atoms with E-state index in [0.29, 0.717) is 51.4 Å². The summed E-state index contributed by atoms with van der Waals surface area (Å²) in [5, 5.41) is 0. The van der Waals surface area contributed by atoms with Crippen LogP contribution in [0.4, 0.5) is 96.6 Å². The molecule has 7 nitrogen and oxygen atoms in total. The van der Waals surface area contributed by atoms with Crippen LogP contribution in [0.1, 0.15) is 167 Å². The fraction of sp³-hybridized carbons (Fsp3) is 1.00. The van der Waals surface area contributed by atoms with Gasteiger partial charge in [0.05, 0.1) is 52.9 Å². The van der Waals surface area contributed by atoms with Gasteiger partial charge in [-0.2, -0.15) is 17.6 Å². The van der Waals surface area contributed by atoms with E-state index in [2.05, 4.69) is 23.7 Å². The molecule has 6 aliphatic heterocycles. The second-order valence-corrected chi connectivity index (χ2v) is 19.3. The molecule has 0 bridgehead atoms. The molecule has 0 spiro atoms. The zero-order valence-electron chi connectivity index (χ0n) is 42.1. The van der Waals surface area contributed by atoms with Gasteiger partial charge < -0.3 is 18.9 Å². The first-order valence-electron chi connectivity index (χ1n) is 25.2. The van der Waals surface area contributed by atoms with E-state index >= 15 is 0 Å². The summed E-state index contributed by atoms with van der Waals surface area (Å²) in [5.74, 6) is -19.2. The lowest BCUT2D eigenvalue weighted by Gasteiger charge is -2.20. The van der Waals surface area contributed by atoms with Gasteiger partial charge in [-0.25, -0.2) is 70.2 Å². The highest BCUT2D eigenvalue weighted by molar-refractivity contribution is 4.75. The molecule has 456 valence electrons. The smallest absolute Gasteiger partial charge is 0.381 e. The third kappa shape index (κ3) is 39.5. The Morgan fingerprint density at radius 1 is 0.197 bits per heavy atom. The molecule has 10 aliphatic rings. The standard InChI is InChI=1S/2C6H10F2.2C5H8F2O.2C5H8F2.C4H4F4O.2C4H6F2O.C3H4F2O2/c2*7-6(8)4-2-1-3-5-6;2*6-5(7)1-3-8-4-2-5;2*6-5(7)3-1-2-4-5;5-3(6)1-2-4(7,8)9-3;2*5-4(6)1-2-7-3-4;4-3(5)6-1-2-7-3/h2*1-5H2;2*1-4H2;2*1-4H2;1-2H2;2*1-3H2;1-2H2. The first-order valence-corrected chi connectivity index (χ1v) is 25.2. The number of alkyl halides is 22. The van der Waals surface area contributed by atoms with Crippen LogP contribution in [-0.2, 0) is 33.2 Å². The highest BCUT2D eigenvalue weighted by Gasteiger charge is 2.52. The minimum atomic E-state index is -3.62. The normalized spacial score (nSPS) is 28.3. The first kappa shape index (κ1) is 72.2. The van der Waals surface area contributed by atoms with Crippen LogP contribution in [0.3, 0.4) is 0 Å². The molecule has 0 N–H and O–H groups in total. The largest absolute Gasteiger partial charge is 0.485 e. The predicted octanol–water partition coefficient (Wildman–Crippen LogP) is 17.1. The van der Waals surface area contributed by atoms with Gasteiger partial charge in [-0.05, 0) is 51.4 Å². The van der Waals surface area contributed by atoms with Crippen molar-refractivity contribution in [2.24, 2.45) is 0 Å². The Kier molecular flexibility index (Phi) is 31.5. The lowest BCUT2D eigenvalue weighted by atomic mass is 9.97. The van der Waals surface area contributed by atoms with E-state index in [0.717, 1.165) is 12.8 Å². The van der Waals surface area contributed by atoms with E-state index in [9.17, 15) is 96.6 Å². The van der Waals surface area contributed by atoms with Gasteiger partial charge in [0.2, 0.25) is 23.7 Å². The molecule has 4 saturated carbocycles. The average molecular weight is 1170 g/mol. The van der Waals surface area contributed by atoms with E-state index in [4.69, 9.17) is 9.47 Å². The quantitative estimate of drug-likeness (QED) is 0.224. The van der Waals surface area contributed by atoms with Crippen molar-refractivity contribution in [1.82, 2.24) is 0 Å².